The van der Waals surface area contributed by atoms with Crippen LogP contribution in [-0.4, -0.2) is 74.8 Å². The number of Topliss-reactive ketones (excluding diaryl/α,β-unsaturated/α-hetero) is 1. The normalized spacial score (nSPS) is 32.8. The van der Waals surface area contributed by atoms with Crippen LogP contribution in [0.2, 0.25) is 0 Å². The molecule has 2 amide bonds. The van der Waals surface area contributed by atoms with Crippen LogP contribution >= 0.6 is 11.3 Å². The van der Waals surface area contributed by atoms with E-state index in [1.807, 2.05) is 44.1 Å². The molecule has 1 aromatic rings. The molecule has 2 aliphatic heterocycles. The number of aliphatic hydroxyl groups is 2. The van der Waals surface area contributed by atoms with Gasteiger partial charge in [-0.2, -0.15) is 0 Å². The fourth-order valence-electron chi connectivity index (χ4n) is 5.64. The minimum absolute atomic E-state index is 0.00658. The number of thiazole rings is 1. The molecule has 7 atom stereocenters. The average Bonchev–Trinajstić information content (AvgIpc) is 3.39. The molecule has 3 N–H and O–H groups in total. The second kappa shape index (κ2) is 12.9. The maximum atomic E-state index is 13.3. The Balaban J connectivity index is 1.92. The predicted octanol–water partition coefficient (Wildman–Crippen LogP) is 4.10. The van der Waals surface area contributed by atoms with Gasteiger partial charge in [0.2, 0.25) is 0 Å². The van der Waals surface area contributed by atoms with Crippen LogP contribution in [0.25, 0.3) is 6.08 Å². The number of hydrogen-bond acceptors (Lipinski definition) is 8. The number of aromatic nitrogens is 1. The zero-order chi connectivity index (χ0) is 29.1. The van der Waals surface area contributed by atoms with Crippen molar-refractivity contribution in [2.45, 2.75) is 111 Å². The Morgan fingerprint density at radius 2 is 1.95 bits per heavy atom. The first-order valence-electron chi connectivity index (χ1n) is 14.0. The number of ketones is 1. The van der Waals surface area contributed by atoms with Gasteiger partial charge in [0.25, 0.3) is 0 Å². The number of aryl methyl sites for hydroxylation is 1. The maximum Gasteiger partial charge on any atom is 0.318 e. The zero-order valence-corrected chi connectivity index (χ0v) is 25.1. The topological polar surface area (TPSA) is 129 Å². The van der Waals surface area contributed by atoms with Crippen molar-refractivity contribution in [3.8, 4) is 0 Å². The summed E-state index contributed by atoms with van der Waals surface area (Å²) in [5.41, 5.74) is 0.330. The van der Waals surface area contributed by atoms with Gasteiger partial charge < -0.3 is 25.2 Å². The number of fused-ring (bicyclic) bond motifs is 1. The Bertz CT molecular complexity index is 1070. The molecule has 2 aliphatic rings. The van der Waals surface area contributed by atoms with Crippen LogP contribution in [0, 0.1) is 24.2 Å². The lowest BCUT2D eigenvalue weighted by molar-refractivity contribution is -0.154. The summed E-state index contributed by atoms with van der Waals surface area (Å²) in [6.45, 7) is 13.0. The van der Waals surface area contributed by atoms with Crippen LogP contribution in [0.5, 0.6) is 0 Å². The lowest BCUT2D eigenvalue weighted by Gasteiger charge is -2.34. The van der Waals surface area contributed by atoms with Gasteiger partial charge in [-0.15, -0.1) is 11.3 Å². The van der Waals surface area contributed by atoms with Gasteiger partial charge in [0, 0.05) is 24.3 Å². The second-order valence-electron chi connectivity index (χ2n) is 11.8. The Labute approximate surface area is 236 Å². The maximum absolute atomic E-state index is 13.3. The third kappa shape index (κ3) is 7.46. The third-order valence-electron chi connectivity index (χ3n) is 8.38. The molecule has 218 valence electrons. The molecular formula is C29H45N3O6S. The van der Waals surface area contributed by atoms with Crippen molar-refractivity contribution < 1.29 is 29.3 Å². The van der Waals surface area contributed by atoms with Gasteiger partial charge in [-0.25, -0.2) is 9.78 Å². The Morgan fingerprint density at radius 3 is 2.56 bits per heavy atom. The first-order chi connectivity index (χ1) is 18.3. The van der Waals surface area contributed by atoms with Gasteiger partial charge >= 0.3 is 12.0 Å². The molecule has 0 bridgehead atoms. The molecule has 10 heteroatoms. The highest BCUT2D eigenvalue weighted by molar-refractivity contribution is 7.09. The zero-order valence-electron chi connectivity index (χ0n) is 24.3. The molecule has 2 fully saturated rings. The molecule has 0 radical (unpaired) electrons. The van der Waals surface area contributed by atoms with E-state index in [4.69, 9.17) is 4.74 Å². The van der Waals surface area contributed by atoms with Crippen LogP contribution in [0.1, 0.15) is 84.3 Å². The molecular weight excluding hydrogens is 518 g/mol. The molecule has 0 saturated carbocycles. The standard InChI is InChI=1S/C29H45N3O6S/c1-8-30-28(37)32-21-11-9-10-16(2)26(35)18(4)27(36)29(6,7)24(33)14-25(34)38-23(13-22(21)32)17(3)12-20-15-39-19(5)31-20/h12,15-16,18,21-24,26,33,35H,8-11,13-14H2,1-7H3,(H,30,37)/b17-12+/t16-,18+,21+,22?,23?,24-,26-,32?/m0/s1. The molecule has 2 saturated heterocycles. The first kappa shape index (κ1) is 31.2. The fraction of sp³-hybridized carbons (Fsp3) is 0.724. The highest BCUT2D eigenvalue weighted by Gasteiger charge is 2.51. The summed E-state index contributed by atoms with van der Waals surface area (Å²) in [7, 11) is 0. The molecule has 0 aromatic carbocycles. The number of urea groups is 1. The van der Waals surface area contributed by atoms with Gasteiger partial charge in [-0.1, -0.05) is 34.1 Å². The number of nitrogens with zero attached hydrogens (tertiary/aromatic N) is 2. The van der Waals surface area contributed by atoms with E-state index in [2.05, 4.69) is 10.3 Å². The van der Waals surface area contributed by atoms with Crippen LogP contribution in [0.4, 0.5) is 4.79 Å². The van der Waals surface area contributed by atoms with Crippen molar-refractivity contribution in [3.05, 3.63) is 21.7 Å². The number of ether oxygens (including phenoxy) is 1. The summed E-state index contributed by atoms with van der Waals surface area (Å²) in [6, 6.07) is -0.255. The number of carbonyl (C=O) groups excluding carboxylic acids is 3. The smallest absolute Gasteiger partial charge is 0.318 e. The van der Waals surface area contributed by atoms with Crippen molar-refractivity contribution in [1.82, 2.24) is 15.2 Å². The minimum atomic E-state index is -1.28. The summed E-state index contributed by atoms with van der Waals surface area (Å²) >= 11 is 1.53. The van der Waals surface area contributed by atoms with E-state index in [-0.39, 0.29) is 36.2 Å². The first-order valence-corrected chi connectivity index (χ1v) is 14.9. The SMILES string of the molecule is CCNC(=O)N1C2CC(/C(C)=C/c3csc(C)n3)OC(=O)C[C@H](O)C(C)(C)C(=O)[C@H](C)[C@@H](O)[C@@H](C)CCC[C@H]21. The Hall–Kier alpha value is -2.30. The van der Waals surface area contributed by atoms with Crippen LogP contribution in [0.15, 0.2) is 11.0 Å². The largest absolute Gasteiger partial charge is 0.458 e. The van der Waals surface area contributed by atoms with E-state index in [1.54, 1.807) is 20.8 Å². The number of aliphatic hydroxyl groups excluding tert-OH is 2. The summed E-state index contributed by atoms with van der Waals surface area (Å²) < 4.78 is 5.93. The quantitative estimate of drug-likeness (QED) is 0.373. The number of cyclic esters (lactones) is 1. The number of esters is 1. The number of rotatable bonds is 3. The summed E-state index contributed by atoms with van der Waals surface area (Å²) in [4.78, 5) is 45.6. The molecule has 39 heavy (non-hydrogen) atoms. The average molecular weight is 564 g/mol. The van der Waals surface area contributed by atoms with Gasteiger partial charge in [-0.3, -0.25) is 9.59 Å². The minimum Gasteiger partial charge on any atom is -0.458 e. The third-order valence-corrected chi connectivity index (χ3v) is 9.17. The van der Waals surface area contributed by atoms with Crippen molar-refractivity contribution in [3.63, 3.8) is 0 Å². The van der Waals surface area contributed by atoms with Gasteiger partial charge in [0.1, 0.15) is 11.9 Å². The summed E-state index contributed by atoms with van der Waals surface area (Å²) in [6.07, 6.45) is 1.42. The van der Waals surface area contributed by atoms with E-state index < -0.39 is 35.6 Å². The number of nitrogens with one attached hydrogen (secondary N) is 1. The Kier molecular flexibility index (Phi) is 10.3. The molecule has 3 heterocycles. The van der Waals surface area contributed by atoms with E-state index in [0.717, 1.165) is 29.1 Å². The monoisotopic (exact) mass is 563 g/mol. The molecule has 0 aliphatic carbocycles. The molecule has 3 rings (SSSR count). The van der Waals surface area contributed by atoms with Crippen molar-refractivity contribution >= 4 is 35.2 Å². The van der Waals surface area contributed by atoms with Crippen LogP contribution in [0.3, 0.4) is 0 Å². The predicted molar refractivity (Wildman–Crippen MR) is 151 cm³/mol. The van der Waals surface area contributed by atoms with Crippen LogP contribution < -0.4 is 5.32 Å². The van der Waals surface area contributed by atoms with Crippen molar-refractivity contribution in [2.75, 3.05) is 6.54 Å². The number of amides is 2. The summed E-state index contributed by atoms with van der Waals surface area (Å²) in [5, 5.41) is 27.6. The van der Waals surface area contributed by atoms with Gasteiger partial charge in [0.05, 0.1) is 46.8 Å². The van der Waals surface area contributed by atoms with Crippen LogP contribution in [-0.2, 0) is 14.3 Å². The highest BCUT2D eigenvalue weighted by atomic mass is 32.1. The van der Waals surface area contributed by atoms with E-state index >= 15 is 0 Å². The van der Waals surface area contributed by atoms with E-state index in [9.17, 15) is 24.6 Å². The molecule has 1 aromatic heterocycles. The lowest BCUT2D eigenvalue weighted by atomic mass is 9.73. The van der Waals surface area contributed by atoms with Gasteiger partial charge in [-0.05, 0) is 51.2 Å². The van der Waals surface area contributed by atoms with E-state index in [1.165, 1.54) is 11.3 Å². The van der Waals surface area contributed by atoms with Crippen molar-refractivity contribution in [1.29, 1.82) is 0 Å². The van der Waals surface area contributed by atoms with Gasteiger partial charge in [0.15, 0.2) is 0 Å². The Morgan fingerprint density at radius 1 is 1.26 bits per heavy atom. The van der Waals surface area contributed by atoms with E-state index in [0.29, 0.717) is 19.4 Å². The molecule has 9 nitrogen and oxygen atoms in total. The number of hydrogen-bond donors (Lipinski definition) is 3. The fourth-order valence-corrected chi connectivity index (χ4v) is 6.21. The molecule has 2 unspecified atom stereocenters. The summed E-state index contributed by atoms with van der Waals surface area (Å²) in [5.74, 6) is -1.74. The van der Waals surface area contributed by atoms with Crippen molar-refractivity contribution in [2.24, 2.45) is 17.3 Å². The second-order valence-corrected chi connectivity index (χ2v) is 12.8. The highest BCUT2D eigenvalue weighted by Crippen LogP contribution is 2.39. The molecule has 0 spiro atoms. The lowest BCUT2D eigenvalue weighted by Crippen LogP contribution is -2.45. The number of carbonyl (C=O) groups is 3.